The highest BCUT2D eigenvalue weighted by atomic mass is 16.5. The standard InChI is InChI=1S/C18H26N2O3/c1-4-11-23-16-7-5-15(6-8-16)17(21)19-14-18(2,3)20-9-12-22-13-10-20/h4-8H,1,9-14H2,2-3H3,(H,19,21). The number of hydrogen-bond donors (Lipinski definition) is 1. The predicted molar refractivity (Wildman–Crippen MR) is 90.9 cm³/mol. The number of nitrogens with one attached hydrogen (secondary N) is 1. The van der Waals surface area contributed by atoms with Crippen molar-refractivity contribution in [3.8, 4) is 5.75 Å². The van der Waals surface area contributed by atoms with Gasteiger partial charge in [-0.3, -0.25) is 9.69 Å². The van der Waals surface area contributed by atoms with Crippen LogP contribution in [-0.4, -0.2) is 55.8 Å². The monoisotopic (exact) mass is 318 g/mol. The van der Waals surface area contributed by atoms with E-state index >= 15 is 0 Å². The van der Waals surface area contributed by atoms with Gasteiger partial charge in [-0.2, -0.15) is 0 Å². The van der Waals surface area contributed by atoms with Crippen molar-refractivity contribution in [3.05, 3.63) is 42.5 Å². The summed E-state index contributed by atoms with van der Waals surface area (Å²) in [6, 6.07) is 7.14. The number of hydrogen-bond acceptors (Lipinski definition) is 4. The van der Waals surface area contributed by atoms with Gasteiger partial charge in [-0.15, -0.1) is 0 Å². The second-order valence-electron chi connectivity index (χ2n) is 6.22. The highest BCUT2D eigenvalue weighted by molar-refractivity contribution is 5.94. The minimum Gasteiger partial charge on any atom is -0.490 e. The number of carbonyl (C=O) groups excluding carboxylic acids is 1. The molecule has 0 bridgehead atoms. The molecule has 1 aliphatic heterocycles. The molecule has 1 aromatic rings. The Morgan fingerprint density at radius 1 is 1.35 bits per heavy atom. The average molecular weight is 318 g/mol. The topological polar surface area (TPSA) is 50.8 Å². The first-order valence-corrected chi connectivity index (χ1v) is 7.98. The van der Waals surface area contributed by atoms with Gasteiger partial charge in [0.05, 0.1) is 13.2 Å². The van der Waals surface area contributed by atoms with Gasteiger partial charge in [-0.25, -0.2) is 0 Å². The average Bonchev–Trinajstić information content (AvgIpc) is 2.59. The summed E-state index contributed by atoms with van der Waals surface area (Å²) in [5.41, 5.74) is 0.542. The van der Waals surface area contributed by atoms with Crippen molar-refractivity contribution in [2.75, 3.05) is 39.5 Å². The number of amides is 1. The zero-order valence-electron chi connectivity index (χ0n) is 14.0. The fraction of sp³-hybridized carbons (Fsp3) is 0.500. The summed E-state index contributed by atoms with van der Waals surface area (Å²) in [5, 5.41) is 3.02. The van der Waals surface area contributed by atoms with Crippen molar-refractivity contribution in [1.82, 2.24) is 10.2 Å². The number of morpholine rings is 1. The highest BCUT2D eigenvalue weighted by Gasteiger charge is 2.28. The summed E-state index contributed by atoms with van der Waals surface area (Å²) in [5.74, 6) is 0.664. The Morgan fingerprint density at radius 2 is 2.00 bits per heavy atom. The van der Waals surface area contributed by atoms with Gasteiger partial charge < -0.3 is 14.8 Å². The Labute approximate surface area is 138 Å². The van der Waals surface area contributed by atoms with Crippen LogP contribution in [0.4, 0.5) is 0 Å². The Morgan fingerprint density at radius 3 is 2.61 bits per heavy atom. The zero-order valence-corrected chi connectivity index (χ0v) is 14.0. The van der Waals surface area contributed by atoms with Crippen LogP contribution in [-0.2, 0) is 4.74 Å². The maximum atomic E-state index is 12.3. The number of benzene rings is 1. The molecule has 1 N–H and O–H groups in total. The Balaban J connectivity index is 1.87. The van der Waals surface area contributed by atoms with Crippen LogP contribution in [0.2, 0.25) is 0 Å². The quantitative estimate of drug-likeness (QED) is 0.782. The minimum absolute atomic E-state index is 0.0680. The first-order valence-electron chi connectivity index (χ1n) is 7.98. The number of ether oxygens (including phenoxy) is 2. The summed E-state index contributed by atoms with van der Waals surface area (Å²) >= 11 is 0. The van der Waals surface area contributed by atoms with Crippen LogP contribution < -0.4 is 10.1 Å². The van der Waals surface area contributed by atoms with Crippen LogP contribution in [0.1, 0.15) is 24.2 Å². The molecule has 0 spiro atoms. The van der Waals surface area contributed by atoms with E-state index in [0.29, 0.717) is 18.7 Å². The van der Waals surface area contributed by atoms with Crippen molar-refractivity contribution in [3.63, 3.8) is 0 Å². The van der Waals surface area contributed by atoms with Crippen molar-refractivity contribution in [2.24, 2.45) is 0 Å². The second-order valence-corrected chi connectivity index (χ2v) is 6.22. The Bertz CT molecular complexity index is 520. The van der Waals surface area contributed by atoms with Gasteiger partial charge in [-0.05, 0) is 38.1 Å². The van der Waals surface area contributed by atoms with E-state index in [1.54, 1.807) is 30.3 Å². The van der Waals surface area contributed by atoms with E-state index in [-0.39, 0.29) is 11.4 Å². The molecule has 0 aliphatic carbocycles. The normalized spacial score (nSPS) is 15.9. The summed E-state index contributed by atoms with van der Waals surface area (Å²) in [6.07, 6.45) is 1.69. The van der Waals surface area contributed by atoms with Crippen molar-refractivity contribution in [1.29, 1.82) is 0 Å². The largest absolute Gasteiger partial charge is 0.490 e. The summed E-state index contributed by atoms with van der Waals surface area (Å²) in [6.45, 7) is 12.3. The van der Waals surface area contributed by atoms with Gasteiger partial charge in [0.15, 0.2) is 0 Å². The molecule has 126 valence electrons. The maximum Gasteiger partial charge on any atom is 0.251 e. The summed E-state index contributed by atoms with van der Waals surface area (Å²) in [7, 11) is 0. The van der Waals surface area contributed by atoms with Gasteiger partial charge in [0.2, 0.25) is 0 Å². The lowest BCUT2D eigenvalue weighted by atomic mass is 10.0. The smallest absolute Gasteiger partial charge is 0.251 e. The fourth-order valence-electron chi connectivity index (χ4n) is 2.54. The number of nitrogens with zero attached hydrogens (tertiary/aromatic N) is 1. The van der Waals surface area contributed by atoms with Crippen LogP contribution in [0.3, 0.4) is 0 Å². The molecule has 1 amide bonds. The molecule has 23 heavy (non-hydrogen) atoms. The zero-order chi connectivity index (χ0) is 16.7. The number of rotatable bonds is 7. The first-order chi connectivity index (χ1) is 11.0. The van der Waals surface area contributed by atoms with E-state index in [1.807, 2.05) is 0 Å². The lowest BCUT2D eigenvalue weighted by Crippen LogP contribution is -2.55. The van der Waals surface area contributed by atoms with E-state index in [0.717, 1.165) is 32.1 Å². The number of carbonyl (C=O) groups is 1. The van der Waals surface area contributed by atoms with Crippen molar-refractivity contribution < 1.29 is 14.3 Å². The van der Waals surface area contributed by atoms with Gasteiger partial charge in [0.1, 0.15) is 12.4 Å². The molecule has 5 heteroatoms. The third-order valence-electron chi connectivity index (χ3n) is 4.03. The van der Waals surface area contributed by atoms with E-state index in [4.69, 9.17) is 9.47 Å². The molecule has 5 nitrogen and oxygen atoms in total. The summed E-state index contributed by atoms with van der Waals surface area (Å²) in [4.78, 5) is 14.6. The van der Waals surface area contributed by atoms with Gasteiger partial charge in [-0.1, -0.05) is 12.7 Å². The molecule has 0 saturated carbocycles. The van der Waals surface area contributed by atoms with E-state index < -0.39 is 0 Å². The molecule has 0 unspecified atom stereocenters. The molecule has 0 atom stereocenters. The third-order valence-corrected chi connectivity index (χ3v) is 4.03. The molecule has 1 aromatic carbocycles. The molecule has 0 radical (unpaired) electrons. The Kier molecular flexibility index (Phi) is 6.19. The van der Waals surface area contributed by atoms with E-state index in [9.17, 15) is 4.79 Å². The first kappa shape index (κ1) is 17.5. The summed E-state index contributed by atoms with van der Waals surface area (Å²) < 4.78 is 10.8. The molecule has 1 heterocycles. The van der Waals surface area contributed by atoms with E-state index in [1.165, 1.54) is 0 Å². The molecule has 1 saturated heterocycles. The van der Waals surface area contributed by atoms with Crippen LogP contribution in [0.15, 0.2) is 36.9 Å². The molecule has 0 aromatic heterocycles. The molecular formula is C18H26N2O3. The minimum atomic E-state index is -0.0908. The highest BCUT2D eigenvalue weighted by Crippen LogP contribution is 2.16. The lowest BCUT2D eigenvalue weighted by Gasteiger charge is -2.40. The molecule has 1 fully saturated rings. The predicted octanol–water partition coefficient (Wildman–Crippen LogP) is 2.09. The lowest BCUT2D eigenvalue weighted by molar-refractivity contribution is -0.00923. The van der Waals surface area contributed by atoms with Crippen LogP contribution >= 0.6 is 0 Å². The fourth-order valence-corrected chi connectivity index (χ4v) is 2.54. The molecular weight excluding hydrogens is 292 g/mol. The third kappa shape index (κ3) is 5.08. The molecule has 1 aliphatic rings. The van der Waals surface area contributed by atoms with Crippen LogP contribution in [0.5, 0.6) is 5.75 Å². The Hall–Kier alpha value is -1.85. The molecule has 2 rings (SSSR count). The van der Waals surface area contributed by atoms with Gasteiger partial charge in [0.25, 0.3) is 5.91 Å². The van der Waals surface area contributed by atoms with Crippen LogP contribution in [0, 0.1) is 0 Å². The van der Waals surface area contributed by atoms with Gasteiger partial charge >= 0.3 is 0 Å². The van der Waals surface area contributed by atoms with Gasteiger partial charge in [0, 0.05) is 30.7 Å². The SMILES string of the molecule is C=CCOc1ccc(C(=O)NCC(C)(C)N2CCOCC2)cc1. The maximum absolute atomic E-state index is 12.3. The van der Waals surface area contributed by atoms with Crippen molar-refractivity contribution in [2.45, 2.75) is 19.4 Å². The van der Waals surface area contributed by atoms with Crippen LogP contribution in [0.25, 0.3) is 0 Å². The second kappa shape index (κ2) is 8.13. The van der Waals surface area contributed by atoms with Crippen molar-refractivity contribution >= 4 is 5.91 Å². The van der Waals surface area contributed by atoms with E-state index in [2.05, 4.69) is 30.6 Å².